The van der Waals surface area contributed by atoms with Crippen LogP contribution < -0.4 is 9.47 Å². The number of carboxylic acid groups (broad SMARTS) is 1. The lowest BCUT2D eigenvalue weighted by Gasteiger charge is -2.11. The third kappa shape index (κ3) is 2.86. The summed E-state index contributed by atoms with van der Waals surface area (Å²) in [5.41, 5.74) is 0.580. The van der Waals surface area contributed by atoms with Crippen LogP contribution in [0.2, 0.25) is 0 Å². The van der Waals surface area contributed by atoms with Crippen LogP contribution in [0.25, 0.3) is 0 Å². The van der Waals surface area contributed by atoms with Crippen molar-refractivity contribution in [1.29, 1.82) is 0 Å². The quantitative estimate of drug-likeness (QED) is 0.914. The van der Waals surface area contributed by atoms with Gasteiger partial charge in [0.05, 0.1) is 25.1 Å². The molecule has 0 aliphatic rings. The minimum atomic E-state index is -0.909. The van der Waals surface area contributed by atoms with E-state index in [0.717, 1.165) is 0 Å². The van der Waals surface area contributed by atoms with Crippen molar-refractivity contribution in [3.63, 3.8) is 0 Å². The molecular weight excluding hydrogens is 264 g/mol. The molecule has 1 aromatic carbocycles. The van der Waals surface area contributed by atoms with Gasteiger partial charge in [0, 0.05) is 5.56 Å². The minimum absolute atomic E-state index is 0.0982. The average molecular weight is 275 g/mol. The van der Waals surface area contributed by atoms with Crippen molar-refractivity contribution in [1.82, 2.24) is 0 Å². The van der Waals surface area contributed by atoms with E-state index in [-0.39, 0.29) is 6.42 Å². The van der Waals surface area contributed by atoms with Crippen LogP contribution in [-0.4, -0.2) is 25.3 Å². The Balaban J connectivity index is 3.19. The summed E-state index contributed by atoms with van der Waals surface area (Å²) in [5, 5.41) is 8.73. The number of ether oxygens (including phenoxy) is 2. The minimum Gasteiger partial charge on any atom is -0.497 e. The van der Waals surface area contributed by atoms with Crippen LogP contribution in [0, 0.1) is 0 Å². The predicted molar refractivity (Wildman–Crippen MR) is 58.6 cm³/mol. The Morgan fingerprint density at radius 3 is 2.53 bits per heavy atom. The third-order valence-electron chi connectivity index (χ3n) is 1.88. The Labute approximate surface area is 95.9 Å². The van der Waals surface area contributed by atoms with Crippen LogP contribution >= 0.6 is 15.9 Å². The number of benzene rings is 1. The second-order valence-corrected chi connectivity index (χ2v) is 3.73. The van der Waals surface area contributed by atoms with Crippen molar-refractivity contribution in [3.05, 3.63) is 22.2 Å². The Morgan fingerprint density at radius 1 is 1.40 bits per heavy atom. The van der Waals surface area contributed by atoms with Crippen LogP contribution in [0.4, 0.5) is 0 Å². The number of aliphatic carboxylic acids is 1. The molecule has 1 rings (SSSR count). The zero-order valence-electron chi connectivity index (χ0n) is 8.41. The standard InChI is InChI=1S/C10H11BrO4/c1-14-7-3-6(4-9(12)13)10(15-2)8(11)5-7/h3,5H,4H2,1-2H3,(H,12,13). The molecule has 0 atom stereocenters. The van der Waals surface area contributed by atoms with E-state index in [2.05, 4.69) is 15.9 Å². The normalized spacial score (nSPS) is 9.80. The molecular formula is C10H11BrO4. The molecule has 0 aromatic heterocycles. The predicted octanol–water partition coefficient (Wildman–Crippen LogP) is 2.09. The van der Waals surface area contributed by atoms with Gasteiger partial charge in [0.2, 0.25) is 0 Å². The molecule has 0 aliphatic heterocycles. The van der Waals surface area contributed by atoms with Crippen LogP contribution in [0.3, 0.4) is 0 Å². The first-order chi connectivity index (χ1) is 7.08. The summed E-state index contributed by atoms with van der Waals surface area (Å²) in [6, 6.07) is 3.38. The molecule has 1 N–H and O–H groups in total. The van der Waals surface area contributed by atoms with E-state index in [9.17, 15) is 4.79 Å². The largest absolute Gasteiger partial charge is 0.497 e. The maximum Gasteiger partial charge on any atom is 0.307 e. The second kappa shape index (κ2) is 5.02. The smallest absolute Gasteiger partial charge is 0.307 e. The summed E-state index contributed by atoms with van der Waals surface area (Å²) >= 11 is 3.29. The van der Waals surface area contributed by atoms with Crippen molar-refractivity contribution in [3.8, 4) is 11.5 Å². The Bertz CT molecular complexity index is 376. The van der Waals surface area contributed by atoms with E-state index < -0.39 is 5.97 Å². The Morgan fingerprint density at radius 2 is 2.07 bits per heavy atom. The Hall–Kier alpha value is -1.23. The zero-order chi connectivity index (χ0) is 11.4. The van der Waals surface area contributed by atoms with Gasteiger partial charge in [-0.3, -0.25) is 4.79 Å². The van der Waals surface area contributed by atoms with E-state index >= 15 is 0 Å². The molecule has 0 saturated heterocycles. The molecule has 1 aromatic rings. The summed E-state index contributed by atoms with van der Waals surface area (Å²) in [6.45, 7) is 0. The van der Waals surface area contributed by atoms with Crippen molar-refractivity contribution < 1.29 is 19.4 Å². The fourth-order valence-corrected chi connectivity index (χ4v) is 1.91. The van der Waals surface area contributed by atoms with Gasteiger partial charge in [-0.05, 0) is 28.1 Å². The van der Waals surface area contributed by atoms with Crippen molar-refractivity contribution in [2.75, 3.05) is 14.2 Å². The first kappa shape index (κ1) is 11.8. The van der Waals surface area contributed by atoms with Crippen LogP contribution in [-0.2, 0) is 11.2 Å². The molecule has 0 saturated carbocycles. The van der Waals surface area contributed by atoms with Gasteiger partial charge in [-0.25, -0.2) is 0 Å². The molecule has 0 aliphatic carbocycles. The van der Waals surface area contributed by atoms with Gasteiger partial charge in [0.15, 0.2) is 0 Å². The van der Waals surface area contributed by atoms with Crippen molar-refractivity contribution in [2.24, 2.45) is 0 Å². The monoisotopic (exact) mass is 274 g/mol. The molecule has 0 amide bonds. The second-order valence-electron chi connectivity index (χ2n) is 2.87. The molecule has 82 valence electrons. The zero-order valence-corrected chi connectivity index (χ0v) is 10.00. The van der Waals surface area contributed by atoms with Gasteiger partial charge < -0.3 is 14.6 Å². The van der Waals surface area contributed by atoms with Gasteiger partial charge in [-0.15, -0.1) is 0 Å². The number of carbonyl (C=O) groups is 1. The molecule has 0 fully saturated rings. The average Bonchev–Trinajstić information content (AvgIpc) is 2.16. The van der Waals surface area contributed by atoms with Gasteiger partial charge in [-0.1, -0.05) is 0 Å². The molecule has 0 spiro atoms. The maximum absolute atomic E-state index is 10.6. The van der Waals surface area contributed by atoms with Gasteiger partial charge in [-0.2, -0.15) is 0 Å². The lowest BCUT2D eigenvalue weighted by Crippen LogP contribution is -2.03. The van der Waals surface area contributed by atoms with E-state index in [1.807, 2.05) is 0 Å². The lowest BCUT2D eigenvalue weighted by molar-refractivity contribution is -0.136. The highest BCUT2D eigenvalue weighted by Gasteiger charge is 2.13. The van der Waals surface area contributed by atoms with E-state index in [4.69, 9.17) is 14.6 Å². The fourth-order valence-electron chi connectivity index (χ4n) is 1.26. The van der Waals surface area contributed by atoms with Gasteiger partial charge in [0.1, 0.15) is 11.5 Å². The summed E-state index contributed by atoms with van der Waals surface area (Å²) in [7, 11) is 3.02. The van der Waals surface area contributed by atoms with E-state index in [0.29, 0.717) is 21.5 Å². The lowest BCUT2D eigenvalue weighted by atomic mass is 10.1. The summed E-state index contributed by atoms with van der Waals surface area (Å²) in [4.78, 5) is 10.6. The van der Waals surface area contributed by atoms with Crippen LogP contribution in [0.15, 0.2) is 16.6 Å². The van der Waals surface area contributed by atoms with E-state index in [1.54, 1.807) is 12.1 Å². The maximum atomic E-state index is 10.6. The highest BCUT2D eigenvalue weighted by atomic mass is 79.9. The molecule has 15 heavy (non-hydrogen) atoms. The first-order valence-electron chi connectivity index (χ1n) is 4.20. The topological polar surface area (TPSA) is 55.8 Å². The Kier molecular flexibility index (Phi) is 3.96. The number of methoxy groups -OCH3 is 2. The van der Waals surface area contributed by atoms with Gasteiger partial charge >= 0.3 is 5.97 Å². The number of rotatable bonds is 4. The first-order valence-corrected chi connectivity index (χ1v) is 5.00. The highest BCUT2D eigenvalue weighted by molar-refractivity contribution is 9.10. The van der Waals surface area contributed by atoms with Crippen molar-refractivity contribution >= 4 is 21.9 Å². The third-order valence-corrected chi connectivity index (χ3v) is 2.46. The summed E-state index contributed by atoms with van der Waals surface area (Å²) < 4.78 is 10.8. The molecule has 5 heteroatoms. The number of carboxylic acids is 1. The molecule has 0 bridgehead atoms. The fraction of sp³-hybridized carbons (Fsp3) is 0.300. The molecule has 0 unspecified atom stereocenters. The van der Waals surface area contributed by atoms with E-state index in [1.165, 1.54) is 14.2 Å². The summed E-state index contributed by atoms with van der Waals surface area (Å²) in [5.74, 6) is 0.213. The van der Waals surface area contributed by atoms with Crippen LogP contribution in [0.1, 0.15) is 5.56 Å². The number of hydrogen-bond acceptors (Lipinski definition) is 3. The molecule has 4 nitrogen and oxygen atoms in total. The highest BCUT2D eigenvalue weighted by Crippen LogP contribution is 2.33. The SMILES string of the molecule is COc1cc(Br)c(OC)c(CC(=O)O)c1. The molecule has 0 radical (unpaired) electrons. The van der Waals surface area contributed by atoms with Crippen LogP contribution in [0.5, 0.6) is 11.5 Å². The van der Waals surface area contributed by atoms with Gasteiger partial charge in [0.25, 0.3) is 0 Å². The molecule has 0 heterocycles. The summed E-state index contributed by atoms with van der Waals surface area (Å²) in [6.07, 6.45) is -0.0982. The number of halogens is 1. The number of hydrogen-bond donors (Lipinski definition) is 1. The van der Waals surface area contributed by atoms with Crippen molar-refractivity contribution in [2.45, 2.75) is 6.42 Å².